The maximum Gasteiger partial charge on any atom is 0.224 e. The number of ether oxygens (including phenoxy) is 1. The van der Waals surface area contributed by atoms with Crippen molar-refractivity contribution in [3.63, 3.8) is 0 Å². The Labute approximate surface area is 154 Å². The van der Waals surface area contributed by atoms with Gasteiger partial charge in [0, 0.05) is 26.1 Å². The molecule has 0 radical (unpaired) electrons. The molecule has 5 heteroatoms. The van der Waals surface area contributed by atoms with Gasteiger partial charge in [-0.15, -0.1) is 0 Å². The van der Waals surface area contributed by atoms with Gasteiger partial charge in [-0.25, -0.2) is 0 Å². The summed E-state index contributed by atoms with van der Waals surface area (Å²) < 4.78 is 5.10. The average molecular weight is 352 g/mol. The summed E-state index contributed by atoms with van der Waals surface area (Å²) in [5.74, 6) is 0.777. The van der Waals surface area contributed by atoms with E-state index < -0.39 is 0 Å². The van der Waals surface area contributed by atoms with Gasteiger partial charge < -0.3 is 15.0 Å². The molecule has 26 heavy (non-hydrogen) atoms. The first kappa shape index (κ1) is 18.0. The fourth-order valence-electron chi connectivity index (χ4n) is 3.17. The van der Waals surface area contributed by atoms with Gasteiger partial charge in [0.05, 0.1) is 13.5 Å². The van der Waals surface area contributed by atoms with Crippen molar-refractivity contribution >= 4 is 11.8 Å². The molecule has 1 N–H and O–H groups in total. The van der Waals surface area contributed by atoms with Gasteiger partial charge in [-0.3, -0.25) is 9.59 Å². The van der Waals surface area contributed by atoms with Crippen LogP contribution in [0, 0.1) is 0 Å². The second kappa shape index (κ2) is 8.52. The monoisotopic (exact) mass is 352 g/mol. The van der Waals surface area contributed by atoms with Gasteiger partial charge >= 0.3 is 0 Å². The van der Waals surface area contributed by atoms with E-state index in [1.54, 1.807) is 7.11 Å². The van der Waals surface area contributed by atoms with Crippen molar-refractivity contribution in [3.8, 4) is 5.75 Å². The quantitative estimate of drug-likeness (QED) is 0.868. The topological polar surface area (TPSA) is 58.6 Å². The lowest BCUT2D eigenvalue weighted by atomic mass is 10.00. The van der Waals surface area contributed by atoms with Crippen molar-refractivity contribution in [2.75, 3.05) is 20.2 Å². The van der Waals surface area contributed by atoms with Crippen molar-refractivity contribution in [3.05, 3.63) is 65.2 Å². The standard InChI is InChI=1S/C21H24N2O3/c1-26-19-8-6-16(7-9-19)14-20(24)22-12-10-21(25)23-13-11-17-4-2-3-5-18(17)15-23/h2-9H,10-15H2,1H3,(H,22,24). The summed E-state index contributed by atoms with van der Waals surface area (Å²) in [5, 5.41) is 2.83. The molecule has 136 valence electrons. The zero-order chi connectivity index (χ0) is 18.4. The van der Waals surface area contributed by atoms with Crippen LogP contribution in [-0.4, -0.2) is 36.9 Å². The molecule has 0 saturated heterocycles. The second-order valence-electron chi connectivity index (χ2n) is 6.46. The van der Waals surface area contributed by atoms with E-state index in [9.17, 15) is 9.59 Å². The predicted octanol–water partition coefficient (Wildman–Crippen LogP) is 2.33. The summed E-state index contributed by atoms with van der Waals surface area (Å²) in [6.45, 7) is 1.77. The summed E-state index contributed by atoms with van der Waals surface area (Å²) in [5.41, 5.74) is 3.46. The highest BCUT2D eigenvalue weighted by Crippen LogP contribution is 2.18. The number of hydrogen-bond donors (Lipinski definition) is 1. The van der Waals surface area contributed by atoms with Gasteiger partial charge in [0.1, 0.15) is 5.75 Å². The van der Waals surface area contributed by atoms with Crippen LogP contribution in [0.3, 0.4) is 0 Å². The van der Waals surface area contributed by atoms with Crippen LogP contribution in [0.15, 0.2) is 48.5 Å². The highest BCUT2D eigenvalue weighted by molar-refractivity contribution is 5.80. The number of carbonyl (C=O) groups is 2. The zero-order valence-electron chi connectivity index (χ0n) is 15.0. The van der Waals surface area contributed by atoms with E-state index in [1.165, 1.54) is 11.1 Å². The van der Waals surface area contributed by atoms with Gasteiger partial charge in [-0.05, 0) is 35.2 Å². The Morgan fingerprint density at radius 2 is 1.81 bits per heavy atom. The number of carbonyl (C=O) groups excluding carboxylic acids is 2. The van der Waals surface area contributed by atoms with E-state index in [2.05, 4.69) is 17.4 Å². The molecule has 0 saturated carbocycles. The molecule has 3 rings (SSSR count). The molecule has 5 nitrogen and oxygen atoms in total. The Morgan fingerprint density at radius 3 is 2.54 bits per heavy atom. The third kappa shape index (κ3) is 4.63. The predicted molar refractivity (Wildman–Crippen MR) is 99.9 cm³/mol. The molecule has 0 bridgehead atoms. The van der Waals surface area contributed by atoms with E-state index in [-0.39, 0.29) is 11.8 Å². The van der Waals surface area contributed by atoms with Gasteiger partial charge in [-0.1, -0.05) is 36.4 Å². The van der Waals surface area contributed by atoms with Crippen LogP contribution in [0.25, 0.3) is 0 Å². The van der Waals surface area contributed by atoms with Crippen LogP contribution in [-0.2, 0) is 29.0 Å². The molecular weight excluding hydrogens is 328 g/mol. The maximum absolute atomic E-state index is 12.4. The molecule has 0 unspecified atom stereocenters. The van der Waals surface area contributed by atoms with E-state index in [4.69, 9.17) is 4.74 Å². The fraction of sp³-hybridized carbons (Fsp3) is 0.333. The van der Waals surface area contributed by atoms with E-state index in [0.717, 1.165) is 24.3 Å². The van der Waals surface area contributed by atoms with Crippen molar-refractivity contribution in [2.45, 2.75) is 25.8 Å². The molecule has 2 aromatic carbocycles. The number of rotatable bonds is 6. The molecule has 0 fully saturated rings. The number of fused-ring (bicyclic) bond motifs is 1. The van der Waals surface area contributed by atoms with Crippen LogP contribution in [0.4, 0.5) is 0 Å². The molecule has 0 aliphatic carbocycles. The Balaban J connectivity index is 1.41. The van der Waals surface area contributed by atoms with Crippen molar-refractivity contribution in [1.29, 1.82) is 0 Å². The number of nitrogens with one attached hydrogen (secondary N) is 1. The summed E-state index contributed by atoms with van der Waals surface area (Å²) in [7, 11) is 1.61. The minimum Gasteiger partial charge on any atom is -0.497 e. The largest absolute Gasteiger partial charge is 0.497 e. The van der Waals surface area contributed by atoms with E-state index in [1.807, 2.05) is 41.3 Å². The summed E-state index contributed by atoms with van der Waals surface area (Å²) >= 11 is 0. The van der Waals surface area contributed by atoms with Gasteiger partial charge in [0.25, 0.3) is 0 Å². The Morgan fingerprint density at radius 1 is 1.08 bits per heavy atom. The summed E-state index contributed by atoms with van der Waals surface area (Å²) in [6.07, 6.45) is 1.53. The van der Waals surface area contributed by atoms with Crippen LogP contribution >= 0.6 is 0 Å². The molecule has 1 aliphatic heterocycles. The first-order chi connectivity index (χ1) is 12.7. The lowest BCUT2D eigenvalue weighted by Crippen LogP contribution is -2.38. The highest BCUT2D eigenvalue weighted by atomic mass is 16.5. The number of methoxy groups -OCH3 is 1. The van der Waals surface area contributed by atoms with Gasteiger partial charge in [0.15, 0.2) is 0 Å². The molecule has 0 spiro atoms. The third-order valence-electron chi connectivity index (χ3n) is 4.67. The second-order valence-corrected chi connectivity index (χ2v) is 6.46. The van der Waals surface area contributed by atoms with E-state index >= 15 is 0 Å². The minimum absolute atomic E-state index is 0.0769. The van der Waals surface area contributed by atoms with Crippen LogP contribution in [0.2, 0.25) is 0 Å². The van der Waals surface area contributed by atoms with Crippen LogP contribution in [0.5, 0.6) is 5.75 Å². The third-order valence-corrected chi connectivity index (χ3v) is 4.67. The number of benzene rings is 2. The Kier molecular flexibility index (Phi) is 5.89. The first-order valence-electron chi connectivity index (χ1n) is 8.90. The maximum atomic E-state index is 12.4. The number of hydrogen-bond acceptors (Lipinski definition) is 3. The summed E-state index contributed by atoms with van der Waals surface area (Å²) in [6, 6.07) is 15.6. The summed E-state index contributed by atoms with van der Waals surface area (Å²) in [4.78, 5) is 26.3. The average Bonchev–Trinajstić information content (AvgIpc) is 2.68. The van der Waals surface area contributed by atoms with Crippen molar-refractivity contribution in [2.24, 2.45) is 0 Å². The van der Waals surface area contributed by atoms with Crippen molar-refractivity contribution in [1.82, 2.24) is 10.2 Å². The Bertz CT molecular complexity index is 771. The minimum atomic E-state index is -0.0769. The molecule has 2 amide bonds. The Hall–Kier alpha value is -2.82. The van der Waals surface area contributed by atoms with Gasteiger partial charge in [-0.2, -0.15) is 0 Å². The molecule has 0 aromatic heterocycles. The molecular formula is C21H24N2O3. The zero-order valence-corrected chi connectivity index (χ0v) is 15.0. The first-order valence-corrected chi connectivity index (χ1v) is 8.90. The lowest BCUT2D eigenvalue weighted by Gasteiger charge is -2.29. The number of nitrogens with zero attached hydrogens (tertiary/aromatic N) is 1. The number of amides is 2. The molecule has 2 aromatic rings. The van der Waals surface area contributed by atoms with E-state index in [0.29, 0.717) is 25.9 Å². The SMILES string of the molecule is COc1ccc(CC(=O)NCCC(=O)N2CCc3ccccc3C2)cc1. The highest BCUT2D eigenvalue weighted by Gasteiger charge is 2.20. The molecule has 0 atom stereocenters. The van der Waals surface area contributed by atoms with Crippen molar-refractivity contribution < 1.29 is 14.3 Å². The van der Waals surface area contributed by atoms with Crippen LogP contribution < -0.4 is 10.1 Å². The normalized spacial score (nSPS) is 13.0. The van der Waals surface area contributed by atoms with Crippen LogP contribution in [0.1, 0.15) is 23.1 Å². The fourth-order valence-corrected chi connectivity index (χ4v) is 3.17. The lowest BCUT2D eigenvalue weighted by molar-refractivity contribution is -0.132. The molecule has 1 aliphatic rings. The molecule has 1 heterocycles. The smallest absolute Gasteiger partial charge is 0.224 e. The van der Waals surface area contributed by atoms with Gasteiger partial charge in [0.2, 0.25) is 11.8 Å².